The normalized spacial score (nSPS) is 24.2. The van der Waals surface area contributed by atoms with Crippen molar-refractivity contribution in [2.75, 3.05) is 7.05 Å². The number of hydrogen-bond acceptors (Lipinski definition) is 1. The van der Waals surface area contributed by atoms with Crippen molar-refractivity contribution in [3.05, 3.63) is 34.6 Å². The smallest absolute Gasteiger partial charge is 0.123 e. The molecule has 2 unspecified atom stereocenters. The predicted molar refractivity (Wildman–Crippen MR) is 78.9 cm³/mol. The second-order valence-electron chi connectivity index (χ2n) is 6.27. The lowest BCUT2D eigenvalue weighted by molar-refractivity contribution is 0.101. The van der Waals surface area contributed by atoms with Crippen molar-refractivity contribution >= 4 is 11.6 Å². The Kier molecular flexibility index (Phi) is 4.52. The van der Waals surface area contributed by atoms with Crippen LogP contribution in [0.25, 0.3) is 0 Å². The maximum atomic E-state index is 13.5. The molecule has 0 amide bonds. The first-order chi connectivity index (χ1) is 8.95. The molecule has 1 N–H and O–H groups in total. The molecule has 0 bridgehead atoms. The van der Waals surface area contributed by atoms with Gasteiger partial charge in [-0.2, -0.15) is 0 Å². The van der Waals surface area contributed by atoms with Gasteiger partial charge in [0, 0.05) is 11.1 Å². The summed E-state index contributed by atoms with van der Waals surface area (Å²) in [7, 11) is 1.94. The van der Waals surface area contributed by atoms with Crippen molar-refractivity contribution in [2.24, 2.45) is 11.3 Å². The summed E-state index contributed by atoms with van der Waals surface area (Å²) in [5.74, 6) is 0.277. The molecule has 19 heavy (non-hydrogen) atoms. The highest BCUT2D eigenvalue weighted by Gasteiger charge is 2.38. The Morgan fingerprint density at radius 3 is 2.74 bits per heavy atom. The van der Waals surface area contributed by atoms with E-state index < -0.39 is 0 Å². The quantitative estimate of drug-likeness (QED) is 0.827. The maximum absolute atomic E-state index is 13.5. The standard InChI is InChI=1S/C16H23ClFN/c1-16(2)9-5-4-6-13(16)15(19-3)12-10-11(18)7-8-14(12)17/h7-8,10,13,15,19H,4-6,9H2,1-3H3. The van der Waals surface area contributed by atoms with Crippen LogP contribution in [0.2, 0.25) is 5.02 Å². The average molecular weight is 284 g/mol. The number of benzene rings is 1. The van der Waals surface area contributed by atoms with Gasteiger partial charge in [0.1, 0.15) is 5.82 Å². The zero-order valence-corrected chi connectivity index (χ0v) is 12.7. The van der Waals surface area contributed by atoms with Crippen LogP contribution in [0.5, 0.6) is 0 Å². The van der Waals surface area contributed by atoms with Gasteiger partial charge in [-0.05, 0) is 55.0 Å². The van der Waals surface area contributed by atoms with Crippen LogP contribution in [-0.4, -0.2) is 7.05 Å². The molecule has 1 aromatic rings. The van der Waals surface area contributed by atoms with Crippen molar-refractivity contribution in [1.29, 1.82) is 0 Å². The maximum Gasteiger partial charge on any atom is 0.123 e. The summed E-state index contributed by atoms with van der Waals surface area (Å²) >= 11 is 6.28. The molecule has 1 aliphatic carbocycles. The Hall–Kier alpha value is -0.600. The molecular weight excluding hydrogens is 261 g/mol. The molecule has 2 rings (SSSR count). The van der Waals surface area contributed by atoms with Crippen molar-refractivity contribution in [2.45, 2.75) is 45.6 Å². The van der Waals surface area contributed by atoms with Crippen LogP contribution >= 0.6 is 11.6 Å². The number of halogens is 2. The highest BCUT2D eigenvalue weighted by atomic mass is 35.5. The summed E-state index contributed by atoms with van der Waals surface area (Å²) in [6, 6.07) is 4.78. The fourth-order valence-corrected chi connectivity index (χ4v) is 3.70. The van der Waals surface area contributed by atoms with Crippen LogP contribution in [0.15, 0.2) is 18.2 Å². The molecule has 1 nitrogen and oxygen atoms in total. The topological polar surface area (TPSA) is 12.0 Å². The van der Waals surface area contributed by atoms with Crippen molar-refractivity contribution in [1.82, 2.24) is 5.32 Å². The van der Waals surface area contributed by atoms with E-state index in [-0.39, 0.29) is 17.3 Å². The largest absolute Gasteiger partial charge is 0.313 e. The Bertz CT molecular complexity index is 444. The number of nitrogens with one attached hydrogen (secondary N) is 1. The zero-order valence-electron chi connectivity index (χ0n) is 12.0. The van der Waals surface area contributed by atoms with Crippen LogP contribution in [0.1, 0.15) is 51.1 Å². The van der Waals surface area contributed by atoms with Gasteiger partial charge in [0.15, 0.2) is 0 Å². The summed E-state index contributed by atoms with van der Waals surface area (Å²) in [6.45, 7) is 4.63. The second-order valence-corrected chi connectivity index (χ2v) is 6.68. The van der Waals surface area contributed by atoms with E-state index in [0.717, 1.165) is 5.56 Å². The summed E-state index contributed by atoms with van der Waals surface area (Å²) in [5, 5.41) is 4.02. The van der Waals surface area contributed by atoms with Gasteiger partial charge >= 0.3 is 0 Å². The number of rotatable bonds is 3. The van der Waals surface area contributed by atoms with Gasteiger partial charge in [-0.1, -0.05) is 38.3 Å². The Balaban J connectivity index is 2.35. The van der Waals surface area contributed by atoms with Crippen LogP contribution < -0.4 is 5.32 Å². The summed E-state index contributed by atoms with van der Waals surface area (Å²) < 4.78 is 13.5. The first-order valence-corrected chi connectivity index (χ1v) is 7.46. The van der Waals surface area contributed by atoms with Crippen LogP contribution in [-0.2, 0) is 0 Å². The molecule has 1 saturated carbocycles. The van der Waals surface area contributed by atoms with Crippen molar-refractivity contribution in [3.63, 3.8) is 0 Å². The molecule has 0 aromatic heterocycles. The third-order valence-corrected chi connectivity index (χ3v) is 4.94. The summed E-state index contributed by atoms with van der Waals surface area (Å²) in [4.78, 5) is 0. The average Bonchev–Trinajstić information content (AvgIpc) is 2.36. The lowest BCUT2D eigenvalue weighted by Gasteiger charge is -2.43. The molecule has 2 atom stereocenters. The predicted octanol–water partition coefficient (Wildman–Crippen LogP) is 4.96. The molecule has 0 saturated heterocycles. The second kappa shape index (κ2) is 5.80. The molecule has 0 aliphatic heterocycles. The third kappa shape index (κ3) is 3.11. The summed E-state index contributed by atoms with van der Waals surface area (Å²) in [5.41, 5.74) is 1.16. The molecule has 1 fully saturated rings. The monoisotopic (exact) mass is 283 g/mol. The summed E-state index contributed by atoms with van der Waals surface area (Å²) in [6.07, 6.45) is 4.93. The molecule has 0 heterocycles. The van der Waals surface area contributed by atoms with Crippen LogP contribution in [0.4, 0.5) is 4.39 Å². The van der Waals surface area contributed by atoms with Gasteiger partial charge in [-0.3, -0.25) is 0 Å². The van der Waals surface area contributed by atoms with Gasteiger partial charge in [-0.15, -0.1) is 0 Å². The van der Waals surface area contributed by atoms with E-state index in [1.165, 1.54) is 31.7 Å². The van der Waals surface area contributed by atoms with E-state index in [2.05, 4.69) is 19.2 Å². The first kappa shape index (κ1) is 14.8. The van der Waals surface area contributed by atoms with Crippen molar-refractivity contribution < 1.29 is 4.39 Å². The third-order valence-electron chi connectivity index (χ3n) is 4.60. The molecule has 1 aliphatic rings. The Morgan fingerprint density at radius 1 is 1.37 bits per heavy atom. The molecule has 1 aromatic carbocycles. The van der Waals surface area contributed by atoms with E-state index >= 15 is 0 Å². The van der Waals surface area contributed by atoms with Crippen LogP contribution in [0, 0.1) is 17.2 Å². The zero-order chi connectivity index (χ0) is 14.0. The highest BCUT2D eigenvalue weighted by Crippen LogP contribution is 2.47. The number of hydrogen-bond donors (Lipinski definition) is 1. The van der Waals surface area contributed by atoms with E-state index in [4.69, 9.17) is 11.6 Å². The molecular formula is C16H23ClFN. The minimum atomic E-state index is -0.215. The van der Waals surface area contributed by atoms with Gasteiger partial charge < -0.3 is 5.32 Å². The van der Waals surface area contributed by atoms with Gasteiger partial charge in [-0.25, -0.2) is 4.39 Å². The Labute approximate surface area is 120 Å². The minimum Gasteiger partial charge on any atom is -0.313 e. The van der Waals surface area contributed by atoms with Gasteiger partial charge in [0.05, 0.1) is 0 Å². The highest BCUT2D eigenvalue weighted by molar-refractivity contribution is 6.31. The van der Waals surface area contributed by atoms with E-state index in [1.54, 1.807) is 12.1 Å². The van der Waals surface area contributed by atoms with Gasteiger partial charge in [0.2, 0.25) is 0 Å². The minimum absolute atomic E-state index is 0.124. The molecule has 3 heteroatoms. The lowest BCUT2D eigenvalue weighted by Crippen LogP contribution is -2.38. The fraction of sp³-hybridized carbons (Fsp3) is 0.625. The molecule has 0 spiro atoms. The Morgan fingerprint density at radius 2 is 2.11 bits per heavy atom. The van der Waals surface area contributed by atoms with E-state index in [9.17, 15) is 4.39 Å². The first-order valence-electron chi connectivity index (χ1n) is 7.08. The lowest BCUT2D eigenvalue weighted by atomic mass is 9.65. The van der Waals surface area contributed by atoms with Crippen LogP contribution in [0.3, 0.4) is 0 Å². The van der Waals surface area contributed by atoms with Crippen molar-refractivity contribution in [3.8, 4) is 0 Å². The van der Waals surface area contributed by atoms with E-state index in [0.29, 0.717) is 10.9 Å². The fourth-order valence-electron chi connectivity index (χ4n) is 3.47. The molecule has 0 radical (unpaired) electrons. The van der Waals surface area contributed by atoms with E-state index in [1.807, 2.05) is 7.05 Å². The molecule has 106 valence electrons. The SMILES string of the molecule is CNC(c1cc(F)ccc1Cl)C1CCCCC1(C)C. The van der Waals surface area contributed by atoms with Gasteiger partial charge in [0.25, 0.3) is 0 Å².